The highest BCUT2D eigenvalue weighted by Crippen LogP contribution is 2.29. The SMILES string of the molecule is COc1ccccc1C(=O)NC(CCSC)C(=O)NCc1cccc(C(F)(F)F)c1. The molecule has 0 bridgehead atoms. The lowest BCUT2D eigenvalue weighted by atomic mass is 10.1. The molecule has 2 amide bonds. The molecule has 0 radical (unpaired) electrons. The maximum absolute atomic E-state index is 12.9. The second-order valence-electron chi connectivity index (χ2n) is 6.42. The van der Waals surface area contributed by atoms with Gasteiger partial charge >= 0.3 is 6.18 Å². The largest absolute Gasteiger partial charge is 0.496 e. The Balaban J connectivity index is 2.07. The number of carbonyl (C=O) groups is 2. The van der Waals surface area contributed by atoms with E-state index >= 15 is 0 Å². The molecule has 0 spiro atoms. The van der Waals surface area contributed by atoms with E-state index in [1.165, 1.54) is 31.0 Å². The number of rotatable bonds is 9. The first-order chi connectivity index (χ1) is 14.3. The van der Waals surface area contributed by atoms with E-state index in [1.54, 1.807) is 24.3 Å². The number of carbonyl (C=O) groups excluding carboxylic acids is 2. The second kappa shape index (κ2) is 10.9. The van der Waals surface area contributed by atoms with E-state index in [2.05, 4.69) is 10.6 Å². The van der Waals surface area contributed by atoms with Crippen molar-refractivity contribution in [2.75, 3.05) is 19.1 Å². The Kier molecular flexibility index (Phi) is 8.58. The smallest absolute Gasteiger partial charge is 0.416 e. The fourth-order valence-corrected chi connectivity index (χ4v) is 3.21. The molecule has 0 aromatic heterocycles. The van der Waals surface area contributed by atoms with Crippen molar-refractivity contribution in [2.24, 2.45) is 0 Å². The number of halogens is 3. The summed E-state index contributed by atoms with van der Waals surface area (Å²) >= 11 is 1.52. The van der Waals surface area contributed by atoms with Crippen molar-refractivity contribution in [3.63, 3.8) is 0 Å². The molecule has 0 aliphatic heterocycles. The minimum atomic E-state index is -4.45. The summed E-state index contributed by atoms with van der Waals surface area (Å²) in [5.74, 6) is 0.0638. The zero-order valence-corrected chi connectivity index (χ0v) is 17.4. The molecular formula is C21H23F3N2O3S. The van der Waals surface area contributed by atoms with E-state index in [4.69, 9.17) is 4.74 Å². The van der Waals surface area contributed by atoms with Crippen molar-refractivity contribution in [1.82, 2.24) is 10.6 Å². The molecule has 0 saturated carbocycles. The van der Waals surface area contributed by atoms with Crippen molar-refractivity contribution in [2.45, 2.75) is 25.2 Å². The van der Waals surface area contributed by atoms with Crippen molar-refractivity contribution < 1.29 is 27.5 Å². The van der Waals surface area contributed by atoms with Crippen molar-refractivity contribution in [3.8, 4) is 5.75 Å². The first-order valence-corrected chi connectivity index (χ1v) is 10.5. The van der Waals surface area contributed by atoms with Crippen LogP contribution in [0.3, 0.4) is 0 Å². The molecule has 1 atom stereocenters. The first kappa shape index (κ1) is 23.6. The van der Waals surface area contributed by atoms with Gasteiger partial charge in [-0.05, 0) is 48.3 Å². The van der Waals surface area contributed by atoms with Gasteiger partial charge in [0.05, 0.1) is 18.2 Å². The standard InChI is InChI=1S/C21H23F3N2O3S/c1-29-18-9-4-3-8-16(18)19(27)26-17(10-11-30-2)20(28)25-13-14-6-5-7-15(12-14)21(22,23)24/h3-9,12,17H,10-11,13H2,1-2H3,(H,25,28)(H,26,27). The molecular weight excluding hydrogens is 417 g/mol. The quantitative estimate of drug-likeness (QED) is 0.621. The third-order valence-electron chi connectivity index (χ3n) is 4.31. The van der Waals surface area contributed by atoms with Crippen molar-refractivity contribution in [1.29, 1.82) is 0 Å². The van der Waals surface area contributed by atoms with Crippen LogP contribution in [0, 0.1) is 0 Å². The van der Waals surface area contributed by atoms with Crippen molar-refractivity contribution in [3.05, 3.63) is 65.2 Å². The number of benzene rings is 2. The molecule has 2 aromatic rings. The number of thioether (sulfide) groups is 1. The van der Waals surface area contributed by atoms with E-state index in [0.29, 0.717) is 29.1 Å². The van der Waals surface area contributed by atoms with Crippen LogP contribution in [0.1, 0.15) is 27.9 Å². The van der Waals surface area contributed by atoms with Gasteiger partial charge in [0.1, 0.15) is 11.8 Å². The summed E-state index contributed by atoms with van der Waals surface area (Å²) in [7, 11) is 1.44. The monoisotopic (exact) mass is 440 g/mol. The van der Waals surface area contributed by atoms with Gasteiger partial charge in [0.2, 0.25) is 5.91 Å². The van der Waals surface area contributed by atoms with Crippen LogP contribution >= 0.6 is 11.8 Å². The molecule has 9 heteroatoms. The molecule has 0 aliphatic rings. The lowest BCUT2D eigenvalue weighted by Crippen LogP contribution is -2.47. The van der Waals surface area contributed by atoms with Gasteiger partial charge in [0, 0.05) is 6.54 Å². The number of nitrogens with one attached hydrogen (secondary N) is 2. The number of ether oxygens (including phenoxy) is 1. The Morgan fingerprint density at radius 3 is 2.53 bits per heavy atom. The predicted molar refractivity (Wildman–Crippen MR) is 111 cm³/mol. The zero-order chi connectivity index (χ0) is 22.1. The predicted octanol–water partition coefficient (Wildman–Crippen LogP) is 3.88. The van der Waals surface area contributed by atoms with E-state index in [1.807, 2.05) is 6.26 Å². The molecule has 0 fully saturated rings. The van der Waals surface area contributed by atoms with E-state index in [0.717, 1.165) is 12.1 Å². The summed E-state index contributed by atoms with van der Waals surface area (Å²) in [5.41, 5.74) is -0.171. The zero-order valence-electron chi connectivity index (χ0n) is 16.6. The Morgan fingerprint density at radius 2 is 1.87 bits per heavy atom. The van der Waals surface area contributed by atoms with Crippen LogP contribution in [0.2, 0.25) is 0 Å². The summed E-state index contributed by atoms with van der Waals surface area (Å²) < 4.78 is 43.7. The van der Waals surface area contributed by atoms with E-state index in [-0.39, 0.29) is 6.54 Å². The summed E-state index contributed by atoms with van der Waals surface area (Å²) in [6.07, 6.45) is -2.21. The average molecular weight is 440 g/mol. The normalized spacial score (nSPS) is 12.2. The van der Waals surface area contributed by atoms with Gasteiger partial charge in [-0.25, -0.2) is 0 Å². The van der Waals surface area contributed by atoms with Crippen LogP contribution in [-0.4, -0.2) is 37.0 Å². The van der Waals surface area contributed by atoms with Crippen LogP contribution in [0.15, 0.2) is 48.5 Å². The maximum atomic E-state index is 12.9. The lowest BCUT2D eigenvalue weighted by molar-refractivity contribution is -0.137. The molecule has 1 unspecified atom stereocenters. The molecule has 30 heavy (non-hydrogen) atoms. The van der Waals surface area contributed by atoms with Gasteiger partial charge in [-0.3, -0.25) is 9.59 Å². The average Bonchev–Trinajstić information content (AvgIpc) is 2.74. The van der Waals surface area contributed by atoms with Crippen LogP contribution in [0.5, 0.6) is 5.75 Å². The summed E-state index contributed by atoms with van der Waals surface area (Å²) in [4.78, 5) is 25.3. The highest BCUT2D eigenvalue weighted by atomic mass is 32.2. The Labute approximate surface area is 177 Å². The summed E-state index contributed by atoms with van der Waals surface area (Å²) in [6.45, 7) is -0.0803. The number of methoxy groups -OCH3 is 1. The second-order valence-corrected chi connectivity index (χ2v) is 7.41. The highest BCUT2D eigenvalue weighted by molar-refractivity contribution is 7.98. The molecule has 0 heterocycles. The molecule has 2 rings (SSSR count). The van der Waals surface area contributed by atoms with Gasteiger partial charge in [-0.1, -0.05) is 24.3 Å². The minimum absolute atomic E-state index is 0.0803. The maximum Gasteiger partial charge on any atom is 0.416 e. The van der Waals surface area contributed by atoms with Gasteiger partial charge in [-0.2, -0.15) is 24.9 Å². The molecule has 0 saturated heterocycles. The van der Waals surface area contributed by atoms with Gasteiger partial charge in [-0.15, -0.1) is 0 Å². The minimum Gasteiger partial charge on any atom is -0.496 e. The van der Waals surface area contributed by atoms with Gasteiger partial charge in [0.25, 0.3) is 5.91 Å². The van der Waals surface area contributed by atoms with Crippen LogP contribution in [-0.2, 0) is 17.5 Å². The number of alkyl halides is 3. The molecule has 0 aliphatic carbocycles. The Morgan fingerprint density at radius 1 is 1.13 bits per heavy atom. The Hall–Kier alpha value is -2.68. The first-order valence-electron chi connectivity index (χ1n) is 9.13. The fraction of sp³-hybridized carbons (Fsp3) is 0.333. The van der Waals surface area contributed by atoms with Gasteiger partial charge in [0.15, 0.2) is 0 Å². The van der Waals surface area contributed by atoms with E-state index in [9.17, 15) is 22.8 Å². The van der Waals surface area contributed by atoms with Crippen LogP contribution in [0.4, 0.5) is 13.2 Å². The summed E-state index contributed by atoms with van der Waals surface area (Å²) in [5, 5.41) is 5.30. The van der Waals surface area contributed by atoms with E-state index < -0.39 is 29.6 Å². The molecule has 162 valence electrons. The highest BCUT2D eigenvalue weighted by Gasteiger charge is 2.30. The molecule has 2 aromatic carbocycles. The number of amides is 2. The van der Waals surface area contributed by atoms with Crippen LogP contribution in [0.25, 0.3) is 0 Å². The third kappa shape index (κ3) is 6.69. The number of hydrogen-bond acceptors (Lipinski definition) is 4. The molecule has 2 N–H and O–H groups in total. The number of hydrogen-bond donors (Lipinski definition) is 2. The topological polar surface area (TPSA) is 67.4 Å². The fourth-order valence-electron chi connectivity index (χ4n) is 2.74. The third-order valence-corrected chi connectivity index (χ3v) is 4.95. The summed E-state index contributed by atoms with van der Waals surface area (Å²) in [6, 6.07) is 10.6. The van der Waals surface area contributed by atoms with Crippen LogP contribution < -0.4 is 15.4 Å². The lowest BCUT2D eigenvalue weighted by Gasteiger charge is -2.19. The Bertz CT molecular complexity index is 875. The van der Waals surface area contributed by atoms with Crippen molar-refractivity contribution >= 4 is 23.6 Å². The molecule has 5 nitrogen and oxygen atoms in total. The van der Waals surface area contributed by atoms with Gasteiger partial charge < -0.3 is 15.4 Å². The number of para-hydroxylation sites is 1.